The number of ether oxygens (including phenoxy) is 1. The molecule has 0 aliphatic rings. The van der Waals surface area contributed by atoms with Crippen molar-refractivity contribution in [1.82, 2.24) is 0 Å². The summed E-state index contributed by atoms with van der Waals surface area (Å²) in [7, 11) is 1.55. The van der Waals surface area contributed by atoms with Gasteiger partial charge in [0.05, 0.1) is 7.11 Å². The minimum absolute atomic E-state index is 0. The normalized spacial score (nSPS) is 10.1. The molecule has 0 N–H and O–H groups in total. The van der Waals surface area contributed by atoms with Crippen molar-refractivity contribution in [3.05, 3.63) is 70.8 Å². The van der Waals surface area contributed by atoms with Gasteiger partial charge in [-0.1, -0.05) is 6.07 Å². The zero-order valence-corrected chi connectivity index (χ0v) is 13.9. The second-order valence-electron chi connectivity index (χ2n) is 4.82. The van der Waals surface area contributed by atoms with Gasteiger partial charge in [0.15, 0.2) is 12.4 Å². The van der Waals surface area contributed by atoms with Crippen molar-refractivity contribution in [2.24, 2.45) is 0 Å². The first-order valence-corrected chi connectivity index (χ1v) is 6.76. The Morgan fingerprint density at radius 3 is 2.61 bits per heavy atom. The molecule has 0 saturated carbocycles. The lowest BCUT2D eigenvalue weighted by Crippen LogP contribution is -3.00. The molecule has 0 atom stereocenters. The zero-order chi connectivity index (χ0) is 15.5. The van der Waals surface area contributed by atoms with E-state index in [1.165, 1.54) is 0 Å². The quantitative estimate of drug-likeness (QED) is 0.332. The molecule has 0 bridgehead atoms. The first-order valence-electron chi connectivity index (χ1n) is 6.76. The topological polar surface area (TPSA) is 60.4 Å². The Bertz CT molecular complexity index is 890. The predicted molar refractivity (Wildman–Crippen MR) is 80.0 cm³/mol. The van der Waals surface area contributed by atoms with Crippen LogP contribution in [0.5, 0.6) is 5.75 Å². The van der Waals surface area contributed by atoms with Gasteiger partial charge in [-0.3, -0.25) is 4.79 Å². The van der Waals surface area contributed by atoms with Crippen molar-refractivity contribution < 1.29 is 35.5 Å². The maximum atomic E-state index is 12.3. The summed E-state index contributed by atoms with van der Waals surface area (Å²) in [6, 6.07) is 12.1. The molecule has 0 spiro atoms. The molecule has 23 heavy (non-hydrogen) atoms. The summed E-state index contributed by atoms with van der Waals surface area (Å²) in [6.45, 7) is 0.0844. The maximum Gasteiger partial charge on any atom is 0.347 e. The van der Waals surface area contributed by atoms with Gasteiger partial charge in [0.25, 0.3) is 0 Å². The first-order chi connectivity index (χ1) is 10.7. The average Bonchev–Trinajstić information content (AvgIpc) is 2.54. The lowest BCUT2D eigenvalue weighted by Gasteiger charge is -2.03. The van der Waals surface area contributed by atoms with Gasteiger partial charge in [-0.25, -0.2) is 4.79 Å². The predicted octanol–water partition coefficient (Wildman–Crippen LogP) is -1.02. The van der Waals surface area contributed by atoms with Gasteiger partial charge in [-0.05, 0) is 24.3 Å². The highest BCUT2D eigenvalue weighted by atomic mass is 79.9. The summed E-state index contributed by atoms with van der Waals surface area (Å²) in [5.74, 6) is 0.340. The van der Waals surface area contributed by atoms with Crippen molar-refractivity contribution in [1.29, 1.82) is 0 Å². The Balaban J connectivity index is 0.00000192. The monoisotopic (exact) mass is 375 g/mol. The molecular formula is C17H14BrNO4. The lowest BCUT2D eigenvalue weighted by atomic mass is 10.1. The third-order valence-corrected chi connectivity index (χ3v) is 3.34. The molecule has 2 aromatic heterocycles. The van der Waals surface area contributed by atoms with Gasteiger partial charge in [-0.15, -0.1) is 0 Å². The fourth-order valence-electron chi connectivity index (χ4n) is 2.21. The van der Waals surface area contributed by atoms with Gasteiger partial charge in [-0.2, -0.15) is 4.57 Å². The van der Waals surface area contributed by atoms with Gasteiger partial charge < -0.3 is 26.1 Å². The van der Waals surface area contributed by atoms with Crippen LogP contribution in [0.3, 0.4) is 0 Å². The number of halogens is 1. The smallest absolute Gasteiger partial charge is 0.347 e. The molecule has 2 heterocycles. The van der Waals surface area contributed by atoms with E-state index in [0.717, 1.165) is 0 Å². The fourth-order valence-corrected chi connectivity index (χ4v) is 2.21. The summed E-state index contributed by atoms with van der Waals surface area (Å²) < 4.78 is 12.1. The molecule has 0 aliphatic heterocycles. The number of carbonyl (C=O) groups excluding carboxylic acids is 1. The van der Waals surface area contributed by atoms with E-state index >= 15 is 0 Å². The van der Waals surface area contributed by atoms with Gasteiger partial charge >= 0.3 is 5.63 Å². The summed E-state index contributed by atoms with van der Waals surface area (Å²) in [5.41, 5.74) is -0.161. The summed E-state index contributed by atoms with van der Waals surface area (Å²) in [4.78, 5) is 24.3. The van der Waals surface area contributed by atoms with Crippen molar-refractivity contribution in [3.8, 4) is 5.75 Å². The number of ketones is 1. The van der Waals surface area contributed by atoms with Crippen LogP contribution in [0.1, 0.15) is 10.4 Å². The summed E-state index contributed by atoms with van der Waals surface area (Å²) in [5, 5.41) is 0.653. The minimum Gasteiger partial charge on any atom is -1.00 e. The Morgan fingerprint density at radius 2 is 1.91 bits per heavy atom. The van der Waals surface area contributed by atoms with Crippen LogP contribution in [0.2, 0.25) is 0 Å². The van der Waals surface area contributed by atoms with Crippen LogP contribution < -0.4 is 31.9 Å². The second-order valence-corrected chi connectivity index (χ2v) is 4.82. The Hall–Kier alpha value is -2.47. The van der Waals surface area contributed by atoms with E-state index in [1.807, 2.05) is 18.2 Å². The third kappa shape index (κ3) is 3.65. The van der Waals surface area contributed by atoms with Crippen LogP contribution in [0.15, 0.2) is 64.1 Å². The number of methoxy groups -OCH3 is 1. The molecule has 0 saturated heterocycles. The molecule has 5 nitrogen and oxygen atoms in total. The average molecular weight is 376 g/mol. The zero-order valence-electron chi connectivity index (χ0n) is 12.4. The van der Waals surface area contributed by atoms with Gasteiger partial charge in [0.2, 0.25) is 12.3 Å². The second kappa shape index (κ2) is 7.19. The largest absolute Gasteiger partial charge is 1.00 e. The molecule has 6 heteroatoms. The van der Waals surface area contributed by atoms with E-state index in [1.54, 1.807) is 48.3 Å². The number of nitrogens with zero attached hydrogens (tertiary/aromatic N) is 1. The van der Waals surface area contributed by atoms with E-state index in [0.29, 0.717) is 16.7 Å². The highest BCUT2D eigenvalue weighted by Crippen LogP contribution is 2.20. The fraction of sp³-hybridized carbons (Fsp3) is 0.118. The Kier molecular flexibility index (Phi) is 5.28. The van der Waals surface area contributed by atoms with Crippen LogP contribution in [0.4, 0.5) is 0 Å². The molecule has 3 aromatic rings. The number of benzene rings is 1. The highest BCUT2D eigenvalue weighted by molar-refractivity contribution is 5.97. The number of hydrogen-bond donors (Lipinski definition) is 0. The number of fused-ring (bicyclic) bond motifs is 1. The van der Waals surface area contributed by atoms with Crippen LogP contribution in [0, 0.1) is 0 Å². The number of rotatable bonds is 4. The first kappa shape index (κ1) is 16.9. The molecule has 0 aliphatic carbocycles. The number of Topliss-reactive ketones (excluding diaryl/α,β-unsaturated/α-hetero) is 1. The van der Waals surface area contributed by atoms with Gasteiger partial charge in [0, 0.05) is 17.5 Å². The molecule has 0 amide bonds. The van der Waals surface area contributed by atoms with Crippen molar-refractivity contribution in [2.45, 2.75) is 6.54 Å². The van der Waals surface area contributed by atoms with E-state index in [-0.39, 0.29) is 34.9 Å². The molecule has 118 valence electrons. The van der Waals surface area contributed by atoms with Crippen molar-refractivity contribution in [3.63, 3.8) is 0 Å². The van der Waals surface area contributed by atoms with Gasteiger partial charge in [0.1, 0.15) is 16.9 Å². The molecule has 0 fully saturated rings. The molecule has 1 aromatic carbocycles. The third-order valence-electron chi connectivity index (χ3n) is 3.34. The number of aromatic nitrogens is 1. The number of pyridine rings is 1. The Labute approximate surface area is 142 Å². The number of carbonyl (C=O) groups is 1. The maximum absolute atomic E-state index is 12.3. The standard InChI is InChI=1S/C17H14NO4.BrH/c1-21-13-5-6-16-12(9-13)10-14(17(20)22-16)15(19)11-18-7-3-2-4-8-18;/h2-10H,11H2,1H3;1H/q+1;/p-1. The molecule has 0 radical (unpaired) electrons. The van der Waals surface area contributed by atoms with E-state index < -0.39 is 5.63 Å². The molecular weight excluding hydrogens is 362 g/mol. The van der Waals surface area contributed by atoms with E-state index in [2.05, 4.69) is 0 Å². The highest BCUT2D eigenvalue weighted by Gasteiger charge is 2.17. The Morgan fingerprint density at radius 1 is 1.17 bits per heavy atom. The lowest BCUT2D eigenvalue weighted by molar-refractivity contribution is -0.683. The SMILES string of the molecule is COc1ccc2oc(=O)c(C(=O)C[n+]3ccccc3)cc2c1.[Br-]. The minimum atomic E-state index is -0.626. The van der Waals surface area contributed by atoms with Crippen molar-refractivity contribution >= 4 is 16.8 Å². The number of hydrogen-bond acceptors (Lipinski definition) is 4. The molecule has 3 rings (SSSR count). The van der Waals surface area contributed by atoms with Crippen LogP contribution in [-0.4, -0.2) is 12.9 Å². The molecule has 0 unspecified atom stereocenters. The van der Waals surface area contributed by atoms with Crippen molar-refractivity contribution in [2.75, 3.05) is 7.11 Å². The van der Waals surface area contributed by atoms with Crippen LogP contribution >= 0.6 is 0 Å². The van der Waals surface area contributed by atoms with Crippen LogP contribution in [-0.2, 0) is 6.54 Å². The van der Waals surface area contributed by atoms with E-state index in [9.17, 15) is 9.59 Å². The van der Waals surface area contributed by atoms with E-state index in [4.69, 9.17) is 9.15 Å². The summed E-state index contributed by atoms with van der Waals surface area (Å²) >= 11 is 0. The summed E-state index contributed by atoms with van der Waals surface area (Å²) in [6.07, 6.45) is 3.53. The van der Waals surface area contributed by atoms with Crippen LogP contribution in [0.25, 0.3) is 11.0 Å².